The number of likely N-dealkylation sites (N-methyl/N-ethyl adjacent to an activating group) is 1. The zero-order valence-corrected chi connectivity index (χ0v) is 60.2. The Balaban J connectivity index is 4.97. The molecule has 3 unspecified atom stereocenters. The molecule has 516 valence electrons. The highest BCUT2D eigenvalue weighted by atomic mass is 31.2. The minimum Gasteiger partial charge on any atom is -0.756 e. The Hall–Kier alpha value is -1.51. The molecule has 0 fully saturated rings. The Bertz CT molecular complexity index is 1530. The third-order valence-electron chi connectivity index (χ3n) is 17.9. The van der Waals surface area contributed by atoms with Gasteiger partial charge in [-0.15, -0.1) is 0 Å². The van der Waals surface area contributed by atoms with E-state index < -0.39 is 20.0 Å². The summed E-state index contributed by atoms with van der Waals surface area (Å²) in [5.41, 5.74) is 0. The Morgan fingerprint density at radius 1 is 0.391 bits per heavy atom. The van der Waals surface area contributed by atoms with E-state index >= 15 is 0 Å². The molecule has 0 aliphatic carbocycles. The van der Waals surface area contributed by atoms with Crippen LogP contribution in [0, 0.1) is 0 Å². The molecular formula is C77H151N2O7P. The lowest BCUT2D eigenvalue weighted by molar-refractivity contribution is -0.870. The van der Waals surface area contributed by atoms with E-state index in [-0.39, 0.29) is 31.5 Å². The second kappa shape index (κ2) is 67.4. The highest BCUT2D eigenvalue weighted by Crippen LogP contribution is 2.38. The van der Waals surface area contributed by atoms with Crippen molar-refractivity contribution >= 4 is 19.7 Å². The van der Waals surface area contributed by atoms with Crippen LogP contribution >= 0.6 is 7.82 Å². The van der Waals surface area contributed by atoms with Crippen LogP contribution in [0.4, 0.5) is 0 Å². The third kappa shape index (κ3) is 68.7. The second-order valence-corrected chi connectivity index (χ2v) is 29.3. The van der Waals surface area contributed by atoms with Crippen molar-refractivity contribution in [1.82, 2.24) is 5.32 Å². The number of hydrogen-bond donors (Lipinski definition) is 1. The van der Waals surface area contributed by atoms with Crippen LogP contribution in [0.2, 0.25) is 0 Å². The molecule has 0 bridgehead atoms. The van der Waals surface area contributed by atoms with Gasteiger partial charge in [-0.25, -0.2) is 0 Å². The molecule has 0 spiro atoms. The van der Waals surface area contributed by atoms with Crippen LogP contribution in [0.15, 0.2) is 24.3 Å². The van der Waals surface area contributed by atoms with Crippen LogP contribution in [0.25, 0.3) is 0 Å². The van der Waals surface area contributed by atoms with Crippen molar-refractivity contribution in [3.8, 4) is 0 Å². The average Bonchev–Trinajstić information content (AvgIpc) is 3.69. The smallest absolute Gasteiger partial charge is 0.306 e. The number of allylic oxidation sites excluding steroid dienone is 3. The van der Waals surface area contributed by atoms with Crippen LogP contribution in [-0.2, 0) is 27.9 Å². The Morgan fingerprint density at radius 3 is 0.977 bits per heavy atom. The average molecular weight is 1250 g/mol. The van der Waals surface area contributed by atoms with Crippen LogP contribution in [0.3, 0.4) is 0 Å². The number of esters is 1. The normalized spacial score (nSPS) is 13.5. The lowest BCUT2D eigenvalue weighted by Crippen LogP contribution is -2.47. The molecule has 3 atom stereocenters. The molecule has 0 aromatic heterocycles. The summed E-state index contributed by atoms with van der Waals surface area (Å²) in [7, 11) is 1.21. The number of ether oxygens (including phenoxy) is 1. The fraction of sp³-hybridized carbons (Fsp3) is 0.922. The number of nitrogens with zero attached hydrogens (tertiary/aromatic N) is 1. The fourth-order valence-electron chi connectivity index (χ4n) is 11.9. The fourth-order valence-corrected chi connectivity index (χ4v) is 12.7. The number of rotatable bonds is 72. The molecule has 87 heavy (non-hydrogen) atoms. The van der Waals surface area contributed by atoms with Crippen molar-refractivity contribution in [3.63, 3.8) is 0 Å². The van der Waals surface area contributed by atoms with Gasteiger partial charge in [0.1, 0.15) is 19.3 Å². The topological polar surface area (TPSA) is 114 Å². The largest absolute Gasteiger partial charge is 0.756 e. The minimum absolute atomic E-state index is 0.0178. The predicted molar refractivity (Wildman–Crippen MR) is 377 cm³/mol. The summed E-state index contributed by atoms with van der Waals surface area (Å²) >= 11 is 0. The van der Waals surface area contributed by atoms with E-state index in [9.17, 15) is 19.0 Å². The van der Waals surface area contributed by atoms with Gasteiger partial charge in [0.15, 0.2) is 0 Å². The van der Waals surface area contributed by atoms with E-state index in [0.29, 0.717) is 17.4 Å². The molecule has 10 heteroatoms. The zero-order chi connectivity index (χ0) is 63.5. The Kier molecular flexibility index (Phi) is 66.2. The number of phosphoric acid groups is 1. The third-order valence-corrected chi connectivity index (χ3v) is 18.8. The maximum Gasteiger partial charge on any atom is 0.306 e. The number of phosphoric ester groups is 1. The molecule has 1 amide bonds. The van der Waals surface area contributed by atoms with Gasteiger partial charge in [0, 0.05) is 12.8 Å². The van der Waals surface area contributed by atoms with E-state index in [1.165, 1.54) is 315 Å². The lowest BCUT2D eigenvalue weighted by atomic mass is 10.0. The number of amides is 1. The summed E-state index contributed by atoms with van der Waals surface area (Å²) in [6.07, 6.45) is 83.2. The first-order chi connectivity index (χ1) is 42.4. The number of nitrogens with one attached hydrogen (secondary N) is 1. The molecule has 0 aliphatic heterocycles. The molecule has 0 aliphatic rings. The summed E-state index contributed by atoms with van der Waals surface area (Å²) in [5, 5.41) is 3.06. The SMILES string of the molecule is CCCCCCCC/C=C/CCCCCCCCCCCCCCCC(=O)NC(COP(=O)([O-])OCC[N+](C)(C)C)C(/C=C/CCCCCCCCCCCCC)OC(=O)CCCCCCCCCCCCCCCCCCCCCCCCCCC. The van der Waals surface area contributed by atoms with Crippen LogP contribution in [-0.4, -0.2) is 69.4 Å². The molecule has 0 heterocycles. The van der Waals surface area contributed by atoms with Gasteiger partial charge in [-0.05, 0) is 57.4 Å². The van der Waals surface area contributed by atoms with E-state index in [2.05, 4.69) is 38.2 Å². The highest BCUT2D eigenvalue weighted by Gasteiger charge is 2.27. The van der Waals surface area contributed by atoms with Gasteiger partial charge < -0.3 is 28.5 Å². The molecule has 1 N–H and O–H groups in total. The van der Waals surface area contributed by atoms with Crippen molar-refractivity contribution < 1.29 is 37.3 Å². The van der Waals surface area contributed by atoms with Gasteiger partial charge in [-0.3, -0.25) is 14.2 Å². The monoisotopic (exact) mass is 1250 g/mol. The molecule has 0 rings (SSSR count). The van der Waals surface area contributed by atoms with Gasteiger partial charge in [0.2, 0.25) is 5.91 Å². The lowest BCUT2D eigenvalue weighted by Gasteiger charge is -2.30. The quantitative estimate of drug-likeness (QED) is 0.0212. The minimum atomic E-state index is -4.70. The molecular weight excluding hydrogens is 1100 g/mol. The molecule has 0 aromatic carbocycles. The molecule has 9 nitrogen and oxygen atoms in total. The number of carbonyl (C=O) groups is 2. The van der Waals surface area contributed by atoms with Gasteiger partial charge >= 0.3 is 5.97 Å². The molecule has 0 radical (unpaired) electrons. The molecule has 0 saturated heterocycles. The van der Waals surface area contributed by atoms with Gasteiger partial charge in [-0.2, -0.15) is 0 Å². The standard InChI is InChI=1S/C77H151N2O7P/c1-7-10-13-16-19-22-25-28-30-32-34-36-38-39-41-43-45-47-49-52-55-58-61-64-67-70-77(81)86-75(68-65-62-59-56-53-50-27-24-21-18-15-12-9-3)74(73-85-87(82,83)84-72-71-79(4,5)6)78-76(80)69-66-63-60-57-54-51-48-46-44-42-40-37-35-33-31-29-26-23-20-17-14-11-8-2/h29,31,65,68,74-75H,7-28,30,32-64,66-67,69-73H2,1-6H3,(H-,78,80,82,83)/b31-29+,68-65+. The first-order valence-corrected chi connectivity index (χ1v) is 40.1. The first-order valence-electron chi connectivity index (χ1n) is 38.6. The summed E-state index contributed by atoms with van der Waals surface area (Å²) in [5.74, 6) is -0.514. The molecule has 0 saturated carbocycles. The summed E-state index contributed by atoms with van der Waals surface area (Å²) in [6.45, 7) is 6.93. The van der Waals surface area contributed by atoms with E-state index in [1.54, 1.807) is 0 Å². The number of hydrogen-bond acceptors (Lipinski definition) is 7. The zero-order valence-electron chi connectivity index (χ0n) is 59.3. The predicted octanol–water partition coefficient (Wildman–Crippen LogP) is 24.2. The van der Waals surface area contributed by atoms with Gasteiger partial charge in [0.05, 0.1) is 33.8 Å². The van der Waals surface area contributed by atoms with Crippen molar-refractivity contribution in [2.45, 2.75) is 418 Å². The van der Waals surface area contributed by atoms with Crippen molar-refractivity contribution in [2.75, 3.05) is 40.9 Å². The van der Waals surface area contributed by atoms with E-state index in [4.69, 9.17) is 13.8 Å². The van der Waals surface area contributed by atoms with Gasteiger partial charge in [-0.1, -0.05) is 360 Å². The Labute approximate surface area is 543 Å². The molecule has 0 aromatic rings. The first kappa shape index (κ1) is 85.5. The van der Waals surface area contributed by atoms with Crippen LogP contribution in [0.1, 0.15) is 406 Å². The maximum atomic E-state index is 13.6. The number of carbonyl (C=O) groups excluding carboxylic acids is 2. The maximum absolute atomic E-state index is 13.6. The van der Waals surface area contributed by atoms with Crippen LogP contribution in [0.5, 0.6) is 0 Å². The number of quaternary nitrogens is 1. The van der Waals surface area contributed by atoms with Crippen molar-refractivity contribution in [3.05, 3.63) is 24.3 Å². The van der Waals surface area contributed by atoms with E-state index in [1.807, 2.05) is 33.3 Å². The van der Waals surface area contributed by atoms with Crippen molar-refractivity contribution in [1.29, 1.82) is 0 Å². The Morgan fingerprint density at radius 2 is 0.667 bits per heavy atom. The second-order valence-electron chi connectivity index (χ2n) is 27.9. The summed E-state index contributed by atoms with van der Waals surface area (Å²) in [4.78, 5) is 40.3. The van der Waals surface area contributed by atoms with Gasteiger partial charge in [0.25, 0.3) is 7.82 Å². The van der Waals surface area contributed by atoms with Crippen LogP contribution < -0.4 is 10.2 Å². The highest BCUT2D eigenvalue weighted by molar-refractivity contribution is 7.45. The number of unbranched alkanes of at least 4 members (excludes halogenated alkanes) is 54. The summed E-state index contributed by atoms with van der Waals surface area (Å²) < 4.78 is 30.5. The summed E-state index contributed by atoms with van der Waals surface area (Å²) in [6, 6.07) is -0.884. The van der Waals surface area contributed by atoms with E-state index in [0.717, 1.165) is 57.8 Å². The van der Waals surface area contributed by atoms with Crippen molar-refractivity contribution in [2.24, 2.45) is 0 Å².